The molecule has 2 aromatic carbocycles. The van der Waals surface area contributed by atoms with E-state index in [1.165, 1.54) is 5.56 Å². The third-order valence-electron chi connectivity index (χ3n) is 3.62. The molecular formula is C17H14N2OS. The van der Waals surface area contributed by atoms with Gasteiger partial charge in [0.2, 0.25) is 0 Å². The number of nitrogen functional groups attached to an aromatic ring is 1. The van der Waals surface area contributed by atoms with Crippen molar-refractivity contribution in [1.82, 2.24) is 0 Å². The Morgan fingerprint density at radius 2 is 2.00 bits per heavy atom. The summed E-state index contributed by atoms with van der Waals surface area (Å²) in [5, 5.41) is 9.87. The number of hydrogen-bond acceptors (Lipinski definition) is 4. The lowest BCUT2D eigenvalue weighted by molar-refractivity contribution is 0.670. The van der Waals surface area contributed by atoms with Crippen molar-refractivity contribution < 1.29 is 4.42 Å². The van der Waals surface area contributed by atoms with E-state index in [4.69, 9.17) is 10.2 Å². The van der Waals surface area contributed by atoms with Gasteiger partial charge in [-0.25, -0.2) is 0 Å². The molecular weight excluding hydrogens is 280 g/mol. The van der Waals surface area contributed by atoms with Gasteiger partial charge in [-0.05, 0) is 40.6 Å². The van der Waals surface area contributed by atoms with E-state index in [2.05, 4.69) is 28.2 Å². The molecule has 0 aliphatic carbocycles. The number of fused-ring (bicyclic) bond motifs is 3. The lowest BCUT2D eigenvalue weighted by Crippen LogP contribution is -1.99. The summed E-state index contributed by atoms with van der Waals surface area (Å²) in [4.78, 5) is 0. The predicted octanol–water partition coefficient (Wildman–Crippen LogP) is 4.84. The molecule has 0 fully saturated rings. The van der Waals surface area contributed by atoms with Gasteiger partial charge in [-0.3, -0.25) is 0 Å². The first-order chi connectivity index (χ1) is 10.3. The smallest absolute Gasteiger partial charge is 0.160 e. The number of benzene rings is 2. The van der Waals surface area contributed by atoms with Crippen LogP contribution >= 0.6 is 11.3 Å². The first-order valence-electron chi connectivity index (χ1n) is 6.77. The zero-order valence-electron chi connectivity index (χ0n) is 11.3. The maximum Gasteiger partial charge on any atom is 0.160 e. The maximum atomic E-state index is 6.06. The van der Waals surface area contributed by atoms with Crippen LogP contribution in [0.2, 0.25) is 0 Å². The average molecular weight is 294 g/mol. The highest BCUT2D eigenvalue weighted by Gasteiger charge is 2.13. The van der Waals surface area contributed by atoms with Crippen LogP contribution in [0.15, 0.2) is 57.6 Å². The highest BCUT2D eigenvalue weighted by atomic mass is 32.1. The number of thiophene rings is 1. The molecule has 0 amide bonds. The van der Waals surface area contributed by atoms with E-state index in [1.54, 1.807) is 11.3 Å². The molecule has 0 aliphatic rings. The van der Waals surface area contributed by atoms with Gasteiger partial charge in [0, 0.05) is 17.6 Å². The van der Waals surface area contributed by atoms with Crippen LogP contribution in [0.5, 0.6) is 0 Å². The summed E-state index contributed by atoms with van der Waals surface area (Å²) in [6.45, 7) is 0.794. The van der Waals surface area contributed by atoms with Crippen LogP contribution in [0.3, 0.4) is 0 Å². The molecule has 0 saturated heterocycles. The van der Waals surface area contributed by atoms with Crippen LogP contribution in [0, 0.1) is 0 Å². The van der Waals surface area contributed by atoms with Crippen molar-refractivity contribution >= 4 is 44.7 Å². The van der Waals surface area contributed by atoms with E-state index in [0.29, 0.717) is 5.69 Å². The average Bonchev–Trinajstić information content (AvgIpc) is 3.14. The molecule has 0 bridgehead atoms. The van der Waals surface area contributed by atoms with Gasteiger partial charge in [-0.2, -0.15) is 11.3 Å². The summed E-state index contributed by atoms with van der Waals surface area (Å²) in [7, 11) is 0. The minimum absolute atomic E-state index is 0.669. The summed E-state index contributed by atoms with van der Waals surface area (Å²) in [6.07, 6.45) is 0. The zero-order valence-corrected chi connectivity index (χ0v) is 12.1. The topological polar surface area (TPSA) is 51.2 Å². The van der Waals surface area contributed by atoms with E-state index in [1.807, 2.05) is 30.3 Å². The second kappa shape index (κ2) is 4.82. The molecule has 3 N–H and O–H groups in total. The van der Waals surface area contributed by atoms with E-state index in [0.717, 1.165) is 34.2 Å². The van der Waals surface area contributed by atoms with Gasteiger partial charge in [0.25, 0.3) is 0 Å². The summed E-state index contributed by atoms with van der Waals surface area (Å²) < 4.78 is 5.90. The summed E-state index contributed by atoms with van der Waals surface area (Å²) in [5.41, 5.74) is 10.7. The van der Waals surface area contributed by atoms with Crippen molar-refractivity contribution in [3.63, 3.8) is 0 Å². The van der Waals surface area contributed by atoms with Gasteiger partial charge in [0.15, 0.2) is 5.58 Å². The molecule has 0 unspecified atom stereocenters. The maximum absolute atomic E-state index is 6.06. The minimum atomic E-state index is 0.669. The van der Waals surface area contributed by atoms with Crippen LogP contribution in [0.4, 0.5) is 11.4 Å². The number of hydrogen-bond donors (Lipinski definition) is 2. The molecule has 3 nitrogen and oxygen atoms in total. The largest absolute Gasteiger partial charge is 0.454 e. The van der Waals surface area contributed by atoms with Crippen molar-refractivity contribution in [2.45, 2.75) is 6.54 Å². The number of nitrogens with two attached hydrogens (primary N) is 1. The van der Waals surface area contributed by atoms with Crippen molar-refractivity contribution in [1.29, 1.82) is 0 Å². The summed E-state index contributed by atoms with van der Waals surface area (Å²) >= 11 is 1.71. The molecule has 4 rings (SSSR count). The molecule has 4 aromatic rings. The zero-order chi connectivity index (χ0) is 14.2. The van der Waals surface area contributed by atoms with Crippen LogP contribution in [0.1, 0.15) is 5.56 Å². The molecule has 21 heavy (non-hydrogen) atoms. The molecule has 0 atom stereocenters. The lowest BCUT2D eigenvalue weighted by atomic mass is 10.1. The van der Waals surface area contributed by atoms with Crippen molar-refractivity contribution in [2.24, 2.45) is 0 Å². The molecule has 2 heterocycles. The van der Waals surface area contributed by atoms with Gasteiger partial charge in [0.05, 0.1) is 11.1 Å². The normalized spacial score (nSPS) is 11.2. The summed E-state index contributed by atoms with van der Waals surface area (Å²) in [5.74, 6) is 0. The number of rotatable bonds is 3. The number of anilines is 2. The van der Waals surface area contributed by atoms with E-state index in [9.17, 15) is 0 Å². The molecule has 2 aromatic heterocycles. The highest BCUT2D eigenvalue weighted by molar-refractivity contribution is 7.07. The molecule has 0 radical (unpaired) electrons. The number of furan rings is 1. The molecule has 104 valence electrons. The van der Waals surface area contributed by atoms with Gasteiger partial charge >= 0.3 is 0 Å². The van der Waals surface area contributed by atoms with E-state index in [-0.39, 0.29) is 0 Å². The minimum Gasteiger partial charge on any atom is -0.454 e. The first kappa shape index (κ1) is 12.3. The Balaban J connectivity index is 1.86. The first-order valence-corrected chi connectivity index (χ1v) is 7.72. The fourth-order valence-electron chi connectivity index (χ4n) is 2.59. The van der Waals surface area contributed by atoms with Crippen molar-refractivity contribution in [3.8, 4) is 0 Å². The van der Waals surface area contributed by atoms with E-state index >= 15 is 0 Å². The Bertz CT molecular complexity index is 909. The SMILES string of the molecule is Nc1ccc(NCc2ccsc2)c2c1oc1ccccc12. The lowest BCUT2D eigenvalue weighted by Gasteiger charge is -2.07. The Hall–Kier alpha value is -2.46. The fourth-order valence-corrected chi connectivity index (χ4v) is 3.25. The molecule has 0 saturated carbocycles. The third kappa shape index (κ3) is 2.04. The fraction of sp³-hybridized carbons (Fsp3) is 0.0588. The van der Waals surface area contributed by atoms with Crippen LogP contribution in [0.25, 0.3) is 21.9 Å². The predicted molar refractivity (Wildman–Crippen MR) is 89.8 cm³/mol. The quantitative estimate of drug-likeness (QED) is 0.531. The third-order valence-corrected chi connectivity index (χ3v) is 4.35. The molecule has 0 spiro atoms. The monoisotopic (exact) mass is 294 g/mol. The summed E-state index contributed by atoms with van der Waals surface area (Å²) in [6, 6.07) is 14.1. The van der Waals surface area contributed by atoms with Crippen LogP contribution in [-0.4, -0.2) is 0 Å². The van der Waals surface area contributed by atoms with Gasteiger partial charge in [0.1, 0.15) is 5.58 Å². The second-order valence-electron chi connectivity index (χ2n) is 4.99. The van der Waals surface area contributed by atoms with Gasteiger partial charge in [-0.15, -0.1) is 0 Å². The van der Waals surface area contributed by atoms with Crippen molar-refractivity contribution in [2.75, 3.05) is 11.1 Å². The Morgan fingerprint density at radius 1 is 1.10 bits per heavy atom. The second-order valence-corrected chi connectivity index (χ2v) is 5.77. The van der Waals surface area contributed by atoms with Crippen LogP contribution < -0.4 is 11.1 Å². The van der Waals surface area contributed by atoms with Crippen LogP contribution in [-0.2, 0) is 6.54 Å². The Labute approximate surface area is 126 Å². The standard InChI is InChI=1S/C17H14N2OS/c18-13-5-6-14(19-9-11-7-8-21-10-11)16-12-3-1-2-4-15(12)20-17(13)16/h1-8,10,19H,9,18H2. The molecule has 0 aliphatic heterocycles. The van der Waals surface area contributed by atoms with Crippen molar-refractivity contribution in [3.05, 3.63) is 58.8 Å². The molecule has 4 heteroatoms. The Morgan fingerprint density at radius 3 is 2.86 bits per heavy atom. The Kier molecular flexibility index (Phi) is 2.82. The van der Waals surface area contributed by atoms with E-state index < -0.39 is 0 Å². The highest BCUT2D eigenvalue weighted by Crippen LogP contribution is 2.37. The number of para-hydroxylation sites is 1. The van der Waals surface area contributed by atoms with Gasteiger partial charge in [-0.1, -0.05) is 18.2 Å². The van der Waals surface area contributed by atoms with Gasteiger partial charge < -0.3 is 15.5 Å². The number of nitrogens with one attached hydrogen (secondary N) is 1.